The summed E-state index contributed by atoms with van der Waals surface area (Å²) in [7, 11) is 2.00. The van der Waals surface area contributed by atoms with Crippen molar-refractivity contribution in [3.8, 4) is 0 Å². The van der Waals surface area contributed by atoms with Crippen LogP contribution >= 0.6 is 46.1 Å². The van der Waals surface area contributed by atoms with E-state index in [4.69, 9.17) is 23.2 Å². The van der Waals surface area contributed by atoms with Crippen molar-refractivity contribution in [3.05, 3.63) is 33.8 Å². The summed E-state index contributed by atoms with van der Waals surface area (Å²) in [6, 6.07) is 5.68. The largest absolute Gasteiger partial charge is 0.246 e. The van der Waals surface area contributed by atoms with E-state index in [2.05, 4.69) is 26.0 Å². The molecule has 1 rings (SSSR count). The van der Waals surface area contributed by atoms with Crippen LogP contribution in [0.5, 0.6) is 0 Å². The molecular weight excluding hydrogens is 308 g/mol. The Kier molecular flexibility index (Phi) is 4.10. The fourth-order valence-electron chi connectivity index (χ4n) is 0.890. The van der Waals surface area contributed by atoms with Crippen LogP contribution < -0.4 is 0 Å². The Bertz CT molecular complexity index is 276. The highest BCUT2D eigenvalue weighted by atomic mass is 127. The van der Waals surface area contributed by atoms with Crippen LogP contribution in [0.3, 0.4) is 0 Å². The van der Waals surface area contributed by atoms with E-state index in [0.717, 1.165) is 6.54 Å². The SMILES string of the molecule is CN(I)Cc1ccc(Cl)c(Cl)c1. The Balaban J connectivity index is 2.82. The maximum absolute atomic E-state index is 5.84. The van der Waals surface area contributed by atoms with E-state index in [0.29, 0.717) is 10.0 Å². The minimum atomic E-state index is 0.608. The first-order valence-electron chi connectivity index (χ1n) is 3.40. The monoisotopic (exact) mass is 315 g/mol. The molecule has 1 aromatic carbocycles. The van der Waals surface area contributed by atoms with Crippen LogP contribution in [0.1, 0.15) is 5.56 Å². The van der Waals surface area contributed by atoms with Crippen LogP contribution in [-0.2, 0) is 6.54 Å². The van der Waals surface area contributed by atoms with E-state index in [1.807, 2.05) is 25.2 Å². The van der Waals surface area contributed by atoms with Gasteiger partial charge < -0.3 is 0 Å². The van der Waals surface area contributed by atoms with Crippen molar-refractivity contribution in [2.24, 2.45) is 0 Å². The summed E-state index contributed by atoms with van der Waals surface area (Å²) >= 11 is 13.8. The highest BCUT2D eigenvalue weighted by Crippen LogP contribution is 2.23. The molecule has 0 amide bonds. The molecule has 0 spiro atoms. The van der Waals surface area contributed by atoms with E-state index in [-0.39, 0.29) is 0 Å². The normalized spacial score (nSPS) is 10.8. The van der Waals surface area contributed by atoms with Crippen molar-refractivity contribution >= 4 is 46.1 Å². The molecule has 1 aromatic rings. The molecule has 0 bridgehead atoms. The van der Waals surface area contributed by atoms with Gasteiger partial charge in [0.05, 0.1) is 10.0 Å². The van der Waals surface area contributed by atoms with Gasteiger partial charge in [-0.25, -0.2) is 3.11 Å². The topological polar surface area (TPSA) is 3.24 Å². The van der Waals surface area contributed by atoms with E-state index in [1.54, 1.807) is 0 Å². The minimum Gasteiger partial charge on any atom is -0.246 e. The van der Waals surface area contributed by atoms with Crippen LogP contribution in [0.15, 0.2) is 18.2 Å². The van der Waals surface area contributed by atoms with Gasteiger partial charge in [-0.2, -0.15) is 0 Å². The molecule has 0 saturated heterocycles. The lowest BCUT2D eigenvalue weighted by molar-refractivity contribution is 0.610. The average Bonchev–Trinajstić information content (AvgIpc) is 1.96. The predicted molar refractivity (Wildman–Crippen MR) is 61.9 cm³/mol. The average molecular weight is 316 g/mol. The molecule has 0 saturated carbocycles. The molecular formula is C8H8Cl2IN. The van der Waals surface area contributed by atoms with Crippen LogP contribution in [0.2, 0.25) is 10.0 Å². The molecule has 12 heavy (non-hydrogen) atoms. The van der Waals surface area contributed by atoms with Gasteiger partial charge in [-0.3, -0.25) is 0 Å². The molecule has 66 valence electrons. The fourth-order valence-corrected chi connectivity index (χ4v) is 1.60. The van der Waals surface area contributed by atoms with Crippen LogP contribution in [0.25, 0.3) is 0 Å². The van der Waals surface area contributed by atoms with Crippen molar-refractivity contribution in [3.63, 3.8) is 0 Å². The molecule has 0 aliphatic rings. The van der Waals surface area contributed by atoms with Gasteiger partial charge in [-0.05, 0) is 24.7 Å². The second kappa shape index (κ2) is 4.65. The van der Waals surface area contributed by atoms with Gasteiger partial charge in [0.2, 0.25) is 0 Å². The number of benzene rings is 1. The Hall–Kier alpha value is 0.490. The van der Waals surface area contributed by atoms with Gasteiger partial charge in [0.25, 0.3) is 0 Å². The predicted octanol–water partition coefficient (Wildman–Crippen LogP) is 3.78. The number of hydrogen-bond donors (Lipinski definition) is 0. The molecule has 0 aromatic heterocycles. The smallest absolute Gasteiger partial charge is 0.0595 e. The number of halogens is 3. The first-order chi connectivity index (χ1) is 5.59. The lowest BCUT2D eigenvalue weighted by atomic mass is 10.2. The number of hydrogen-bond acceptors (Lipinski definition) is 1. The zero-order valence-electron chi connectivity index (χ0n) is 6.52. The molecule has 0 atom stereocenters. The molecule has 0 unspecified atom stereocenters. The van der Waals surface area contributed by atoms with E-state index in [1.165, 1.54) is 5.56 Å². The molecule has 0 aliphatic heterocycles. The van der Waals surface area contributed by atoms with Gasteiger partial charge >= 0.3 is 0 Å². The van der Waals surface area contributed by atoms with Crippen LogP contribution in [0, 0.1) is 0 Å². The lowest BCUT2D eigenvalue weighted by Crippen LogP contribution is -2.02. The molecule has 0 aliphatic carbocycles. The maximum Gasteiger partial charge on any atom is 0.0595 e. The van der Waals surface area contributed by atoms with Gasteiger partial charge in [-0.1, -0.05) is 29.3 Å². The van der Waals surface area contributed by atoms with E-state index in [9.17, 15) is 0 Å². The van der Waals surface area contributed by atoms with E-state index < -0.39 is 0 Å². The van der Waals surface area contributed by atoms with Crippen molar-refractivity contribution in [1.29, 1.82) is 0 Å². The zero-order chi connectivity index (χ0) is 9.14. The third-order valence-electron chi connectivity index (χ3n) is 1.38. The molecule has 1 nitrogen and oxygen atoms in total. The summed E-state index contributed by atoms with van der Waals surface area (Å²) in [5.41, 5.74) is 1.17. The zero-order valence-corrected chi connectivity index (χ0v) is 10.2. The number of rotatable bonds is 2. The molecule has 4 heteroatoms. The van der Waals surface area contributed by atoms with Crippen LogP contribution in [-0.4, -0.2) is 10.2 Å². The first kappa shape index (κ1) is 10.6. The summed E-state index contributed by atoms with van der Waals surface area (Å²) in [6.07, 6.45) is 0. The van der Waals surface area contributed by atoms with Gasteiger partial charge in [-0.15, -0.1) is 0 Å². The van der Waals surface area contributed by atoms with Crippen molar-refractivity contribution < 1.29 is 0 Å². The Morgan fingerprint density at radius 3 is 2.50 bits per heavy atom. The highest BCUT2D eigenvalue weighted by Gasteiger charge is 2.00. The Morgan fingerprint density at radius 1 is 1.33 bits per heavy atom. The third kappa shape index (κ3) is 3.09. The first-order valence-corrected chi connectivity index (χ1v) is 5.12. The second-order valence-electron chi connectivity index (χ2n) is 2.51. The molecule has 0 heterocycles. The fraction of sp³-hybridized carbons (Fsp3) is 0.250. The summed E-state index contributed by atoms with van der Waals surface area (Å²) in [5.74, 6) is 0. The highest BCUT2D eigenvalue weighted by molar-refractivity contribution is 14.1. The standard InChI is InChI=1S/C8H8Cl2IN/c1-12(11)5-6-2-3-7(9)8(10)4-6/h2-4H,5H2,1H3. The minimum absolute atomic E-state index is 0.608. The maximum atomic E-state index is 5.84. The van der Waals surface area contributed by atoms with Gasteiger partial charge in [0.1, 0.15) is 0 Å². The van der Waals surface area contributed by atoms with Gasteiger partial charge in [0.15, 0.2) is 0 Å². The molecule has 0 N–H and O–H groups in total. The molecule has 0 fully saturated rings. The Morgan fingerprint density at radius 2 is 2.00 bits per heavy atom. The van der Waals surface area contributed by atoms with Crippen LogP contribution in [0.4, 0.5) is 0 Å². The summed E-state index contributed by atoms with van der Waals surface area (Å²) in [5, 5.41) is 1.23. The van der Waals surface area contributed by atoms with Gasteiger partial charge in [0, 0.05) is 29.4 Å². The van der Waals surface area contributed by atoms with Crippen molar-refractivity contribution in [1.82, 2.24) is 3.11 Å². The van der Waals surface area contributed by atoms with E-state index >= 15 is 0 Å². The Labute approximate surface area is 96.1 Å². The number of nitrogens with zero attached hydrogens (tertiary/aromatic N) is 1. The quantitative estimate of drug-likeness (QED) is 0.593. The summed E-state index contributed by atoms with van der Waals surface area (Å²) in [6.45, 7) is 0.872. The second-order valence-corrected chi connectivity index (χ2v) is 4.97. The van der Waals surface area contributed by atoms with Crippen molar-refractivity contribution in [2.45, 2.75) is 6.54 Å². The summed E-state index contributed by atoms with van der Waals surface area (Å²) in [4.78, 5) is 0. The third-order valence-corrected chi connectivity index (χ3v) is 2.46. The summed E-state index contributed by atoms with van der Waals surface area (Å²) < 4.78 is 2.05. The van der Waals surface area contributed by atoms with Crippen molar-refractivity contribution in [2.75, 3.05) is 7.05 Å². The lowest BCUT2D eigenvalue weighted by Gasteiger charge is -2.07. The molecule has 0 radical (unpaired) electrons.